The molecule has 2 heteroatoms. The number of benzene rings is 1. The van der Waals surface area contributed by atoms with Crippen molar-refractivity contribution in [2.45, 2.75) is 0 Å². The van der Waals surface area contributed by atoms with Gasteiger partial charge in [0.1, 0.15) is 0 Å². The second-order valence-corrected chi connectivity index (χ2v) is 4.71. The molecule has 0 aliphatic heterocycles. The maximum Gasteiger partial charge on any atom is 0.211 e. The quantitative estimate of drug-likeness (QED) is 0.341. The number of hydrogen-bond acceptors (Lipinski definition) is 0. The SMILES string of the molecule is Ic1cccc2cc3cccc[n+]3cc12. The van der Waals surface area contributed by atoms with E-state index in [0.29, 0.717) is 0 Å². The minimum atomic E-state index is 1.23. The molecule has 0 aliphatic rings. The first-order valence-electron chi connectivity index (χ1n) is 4.83. The number of hydrogen-bond donors (Lipinski definition) is 0. The maximum absolute atomic E-state index is 2.38. The molecule has 1 aromatic carbocycles. The van der Waals surface area contributed by atoms with Crippen LogP contribution in [0.3, 0.4) is 0 Å². The van der Waals surface area contributed by atoms with Gasteiger partial charge in [-0.1, -0.05) is 12.1 Å². The molecule has 0 amide bonds. The van der Waals surface area contributed by atoms with E-state index < -0.39 is 0 Å². The highest BCUT2D eigenvalue weighted by Gasteiger charge is 2.05. The Balaban J connectivity index is 2.53. The second kappa shape index (κ2) is 3.45. The molecule has 1 nitrogen and oxygen atoms in total. The van der Waals surface area contributed by atoms with Crippen LogP contribution in [0.4, 0.5) is 0 Å². The van der Waals surface area contributed by atoms with Gasteiger partial charge < -0.3 is 0 Å². The summed E-state index contributed by atoms with van der Waals surface area (Å²) in [5, 5.41) is 2.61. The lowest BCUT2D eigenvalue weighted by molar-refractivity contribution is -0.510. The van der Waals surface area contributed by atoms with Crippen LogP contribution < -0.4 is 4.40 Å². The van der Waals surface area contributed by atoms with Crippen LogP contribution in [0.2, 0.25) is 0 Å². The van der Waals surface area contributed by atoms with Crippen molar-refractivity contribution in [2.24, 2.45) is 0 Å². The van der Waals surface area contributed by atoms with Crippen molar-refractivity contribution in [3.05, 3.63) is 58.4 Å². The fourth-order valence-electron chi connectivity index (χ4n) is 1.82. The summed E-state index contributed by atoms with van der Waals surface area (Å²) in [6.45, 7) is 0. The van der Waals surface area contributed by atoms with E-state index in [4.69, 9.17) is 0 Å². The van der Waals surface area contributed by atoms with Gasteiger partial charge in [0.25, 0.3) is 0 Å². The average Bonchev–Trinajstić information content (AvgIpc) is 2.27. The minimum absolute atomic E-state index is 1.23. The zero-order valence-electron chi connectivity index (χ0n) is 8.02. The molecule has 3 rings (SSSR count). The molecule has 0 fully saturated rings. The Bertz CT molecular complexity index is 646. The molecule has 0 unspecified atom stereocenters. The van der Waals surface area contributed by atoms with Crippen molar-refractivity contribution in [2.75, 3.05) is 0 Å². The van der Waals surface area contributed by atoms with E-state index in [-0.39, 0.29) is 0 Å². The van der Waals surface area contributed by atoms with E-state index in [9.17, 15) is 0 Å². The van der Waals surface area contributed by atoms with Gasteiger partial charge in [-0.3, -0.25) is 0 Å². The van der Waals surface area contributed by atoms with E-state index in [1.807, 2.05) is 0 Å². The third kappa shape index (κ3) is 1.49. The van der Waals surface area contributed by atoms with Crippen LogP contribution in [0.5, 0.6) is 0 Å². The minimum Gasteiger partial charge on any atom is -0.167 e. The first-order chi connectivity index (χ1) is 7.34. The summed E-state index contributed by atoms with van der Waals surface area (Å²) in [5.41, 5.74) is 1.23. The Morgan fingerprint density at radius 3 is 2.87 bits per heavy atom. The summed E-state index contributed by atoms with van der Waals surface area (Å²) >= 11 is 2.38. The third-order valence-electron chi connectivity index (χ3n) is 2.58. The number of aromatic nitrogens is 1. The van der Waals surface area contributed by atoms with Gasteiger partial charge in [0.15, 0.2) is 12.4 Å². The summed E-state index contributed by atoms with van der Waals surface area (Å²) in [5.74, 6) is 0. The predicted molar refractivity (Wildman–Crippen MR) is 69.8 cm³/mol. The van der Waals surface area contributed by atoms with Gasteiger partial charge in [0.05, 0.1) is 5.39 Å². The molecule has 0 radical (unpaired) electrons. The summed E-state index contributed by atoms with van der Waals surface area (Å²) in [6.07, 6.45) is 4.27. The van der Waals surface area contributed by atoms with Crippen molar-refractivity contribution in [1.29, 1.82) is 0 Å². The lowest BCUT2D eigenvalue weighted by Gasteiger charge is -1.98. The van der Waals surface area contributed by atoms with Crippen molar-refractivity contribution < 1.29 is 4.40 Å². The van der Waals surface area contributed by atoms with E-state index in [1.54, 1.807) is 0 Å². The number of nitrogens with zero attached hydrogens (tertiary/aromatic N) is 1. The molecule has 0 saturated carbocycles. The Morgan fingerprint density at radius 1 is 1.00 bits per heavy atom. The molecule has 2 aromatic heterocycles. The van der Waals surface area contributed by atoms with Gasteiger partial charge in [0.2, 0.25) is 5.52 Å². The molecule has 0 N–H and O–H groups in total. The summed E-state index contributed by atoms with van der Waals surface area (Å²) in [7, 11) is 0. The Morgan fingerprint density at radius 2 is 1.93 bits per heavy atom. The van der Waals surface area contributed by atoms with Crippen molar-refractivity contribution in [3.63, 3.8) is 0 Å². The van der Waals surface area contributed by atoms with E-state index >= 15 is 0 Å². The summed E-state index contributed by atoms with van der Waals surface area (Å²) in [6, 6.07) is 14.9. The lowest BCUT2D eigenvalue weighted by atomic mass is 10.1. The van der Waals surface area contributed by atoms with Gasteiger partial charge in [-0.2, -0.15) is 4.40 Å². The average molecular weight is 306 g/mol. The van der Waals surface area contributed by atoms with Crippen LogP contribution >= 0.6 is 22.6 Å². The van der Waals surface area contributed by atoms with E-state index in [0.717, 1.165) is 0 Å². The normalized spacial score (nSPS) is 11.0. The Labute approximate surface area is 102 Å². The molecule has 15 heavy (non-hydrogen) atoms. The van der Waals surface area contributed by atoms with Crippen LogP contribution in [0.1, 0.15) is 0 Å². The standard InChI is InChI=1S/C13H9IN/c14-13-6-3-4-10-8-11-5-1-2-7-15(11)9-12(10)13/h1-9H/q+1. The van der Waals surface area contributed by atoms with Gasteiger partial charge in [-0.05, 0) is 40.1 Å². The fourth-order valence-corrected chi connectivity index (χ4v) is 2.48. The van der Waals surface area contributed by atoms with Crippen LogP contribution in [0.25, 0.3) is 16.3 Å². The molecule has 0 atom stereocenters. The van der Waals surface area contributed by atoms with Gasteiger partial charge >= 0.3 is 0 Å². The topological polar surface area (TPSA) is 4.10 Å². The molecule has 72 valence electrons. The Hall–Kier alpha value is -1.16. The summed E-state index contributed by atoms with van der Waals surface area (Å²) in [4.78, 5) is 0. The maximum atomic E-state index is 2.38. The zero-order chi connectivity index (χ0) is 10.3. The molecule has 0 spiro atoms. The third-order valence-corrected chi connectivity index (χ3v) is 3.52. The predicted octanol–water partition coefficient (Wildman–Crippen LogP) is 3.18. The highest BCUT2D eigenvalue weighted by Crippen LogP contribution is 2.19. The number of halogens is 1. The molecular formula is C13H9IN+. The lowest BCUT2D eigenvalue weighted by Crippen LogP contribution is -2.19. The highest BCUT2D eigenvalue weighted by molar-refractivity contribution is 14.1. The van der Waals surface area contributed by atoms with Gasteiger partial charge in [-0.15, -0.1) is 0 Å². The molecule has 0 saturated heterocycles. The largest absolute Gasteiger partial charge is 0.211 e. The van der Waals surface area contributed by atoms with Gasteiger partial charge in [0, 0.05) is 21.8 Å². The van der Waals surface area contributed by atoms with Crippen molar-refractivity contribution in [1.82, 2.24) is 0 Å². The first-order valence-corrected chi connectivity index (χ1v) is 5.91. The molecular weight excluding hydrogens is 297 g/mol. The highest BCUT2D eigenvalue weighted by atomic mass is 127. The smallest absolute Gasteiger partial charge is 0.167 e. The van der Waals surface area contributed by atoms with Crippen LogP contribution in [0.15, 0.2) is 54.9 Å². The number of fused-ring (bicyclic) bond motifs is 2. The first kappa shape index (κ1) is 9.09. The van der Waals surface area contributed by atoms with E-state index in [2.05, 4.69) is 81.8 Å². The van der Waals surface area contributed by atoms with Crippen molar-refractivity contribution >= 4 is 38.9 Å². The summed E-state index contributed by atoms with van der Waals surface area (Å²) < 4.78 is 3.45. The molecule has 0 bridgehead atoms. The fraction of sp³-hybridized carbons (Fsp3) is 0. The van der Waals surface area contributed by atoms with Crippen LogP contribution in [0, 0.1) is 3.57 Å². The molecule has 3 aromatic rings. The number of rotatable bonds is 0. The molecule has 0 aliphatic carbocycles. The second-order valence-electron chi connectivity index (χ2n) is 3.55. The van der Waals surface area contributed by atoms with Crippen LogP contribution in [-0.2, 0) is 0 Å². The number of pyridine rings is 2. The molecule has 2 heterocycles. The Kier molecular flexibility index (Phi) is 2.09. The van der Waals surface area contributed by atoms with Gasteiger partial charge in [-0.25, -0.2) is 0 Å². The van der Waals surface area contributed by atoms with E-state index in [1.165, 1.54) is 19.9 Å². The zero-order valence-corrected chi connectivity index (χ0v) is 10.2. The van der Waals surface area contributed by atoms with Crippen molar-refractivity contribution in [3.8, 4) is 0 Å². The van der Waals surface area contributed by atoms with Crippen LogP contribution in [-0.4, -0.2) is 0 Å². The monoisotopic (exact) mass is 306 g/mol.